The summed E-state index contributed by atoms with van der Waals surface area (Å²) in [6.45, 7) is 1.55. The molecule has 0 aliphatic carbocycles. The van der Waals surface area contributed by atoms with E-state index in [2.05, 4.69) is 21.2 Å². The number of hydrogen-bond donors (Lipinski definition) is 2. The van der Waals surface area contributed by atoms with Gasteiger partial charge in [0.15, 0.2) is 0 Å². The van der Waals surface area contributed by atoms with Gasteiger partial charge in [-0.15, -0.1) is 0 Å². The fourth-order valence-corrected chi connectivity index (χ4v) is 2.52. The molecule has 1 aromatic rings. The Morgan fingerprint density at radius 1 is 1.50 bits per heavy atom. The second kappa shape index (κ2) is 4.73. The molecule has 3 nitrogen and oxygen atoms in total. The van der Waals surface area contributed by atoms with E-state index in [1.807, 2.05) is 18.2 Å². The van der Waals surface area contributed by atoms with Crippen molar-refractivity contribution in [2.45, 2.75) is 18.4 Å². The minimum atomic E-state index is -0.812. The Labute approximate surface area is 104 Å². The van der Waals surface area contributed by atoms with Crippen molar-refractivity contribution in [1.29, 1.82) is 0 Å². The third kappa shape index (κ3) is 2.24. The van der Waals surface area contributed by atoms with Crippen LogP contribution in [-0.4, -0.2) is 25.3 Å². The molecule has 1 heterocycles. The number of hydrogen-bond acceptors (Lipinski definition) is 3. The SMILES string of the molecule is COc1ccc(Br)cc1C1(O)CCCNC1. The van der Waals surface area contributed by atoms with Gasteiger partial charge in [0.1, 0.15) is 11.4 Å². The van der Waals surface area contributed by atoms with Crippen LogP contribution in [0.4, 0.5) is 0 Å². The van der Waals surface area contributed by atoms with Crippen LogP contribution in [0, 0.1) is 0 Å². The molecule has 1 unspecified atom stereocenters. The molecule has 0 amide bonds. The van der Waals surface area contributed by atoms with Crippen LogP contribution in [0.25, 0.3) is 0 Å². The third-order valence-corrected chi connectivity index (χ3v) is 3.52. The van der Waals surface area contributed by atoms with E-state index in [0.717, 1.165) is 35.2 Å². The van der Waals surface area contributed by atoms with Crippen molar-refractivity contribution in [1.82, 2.24) is 5.32 Å². The average molecular weight is 286 g/mol. The Balaban J connectivity index is 2.40. The first-order valence-corrected chi connectivity index (χ1v) is 6.22. The first-order chi connectivity index (χ1) is 7.65. The standard InChI is InChI=1S/C12H16BrNO2/c1-16-11-4-3-9(13)7-10(11)12(15)5-2-6-14-8-12/h3-4,7,14-15H,2,5-6,8H2,1H3. The van der Waals surface area contributed by atoms with Gasteiger partial charge < -0.3 is 15.2 Å². The Morgan fingerprint density at radius 3 is 2.94 bits per heavy atom. The lowest BCUT2D eigenvalue weighted by molar-refractivity contribution is 0.0102. The zero-order chi connectivity index (χ0) is 11.6. The molecule has 0 radical (unpaired) electrons. The highest BCUT2D eigenvalue weighted by Gasteiger charge is 2.33. The number of β-amino-alcohol motifs (C(OH)–C–C–N with tert-alkyl or cyclic N) is 1. The Hall–Kier alpha value is -0.580. The number of methoxy groups -OCH3 is 1. The van der Waals surface area contributed by atoms with Gasteiger partial charge in [-0.1, -0.05) is 15.9 Å². The number of benzene rings is 1. The van der Waals surface area contributed by atoms with Crippen molar-refractivity contribution in [3.05, 3.63) is 28.2 Å². The van der Waals surface area contributed by atoms with E-state index in [1.165, 1.54) is 0 Å². The van der Waals surface area contributed by atoms with Crippen LogP contribution in [0.2, 0.25) is 0 Å². The van der Waals surface area contributed by atoms with Crippen LogP contribution in [0.3, 0.4) is 0 Å². The molecule has 1 fully saturated rings. The van der Waals surface area contributed by atoms with E-state index in [1.54, 1.807) is 7.11 Å². The van der Waals surface area contributed by atoms with E-state index in [-0.39, 0.29) is 0 Å². The molecule has 1 aliphatic rings. The molecule has 1 saturated heterocycles. The molecule has 1 atom stereocenters. The van der Waals surface area contributed by atoms with Gasteiger partial charge in [0, 0.05) is 16.6 Å². The van der Waals surface area contributed by atoms with Crippen molar-refractivity contribution >= 4 is 15.9 Å². The summed E-state index contributed by atoms with van der Waals surface area (Å²) < 4.78 is 6.27. The van der Waals surface area contributed by atoms with Crippen LogP contribution >= 0.6 is 15.9 Å². The average Bonchev–Trinajstić information content (AvgIpc) is 2.30. The Bertz CT molecular complexity index is 375. The summed E-state index contributed by atoms with van der Waals surface area (Å²) in [7, 11) is 1.63. The second-order valence-corrected chi connectivity index (χ2v) is 5.07. The number of halogens is 1. The van der Waals surface area contributed by atoms with E-state index in [0.29, 0.717) is 6.54 Å². The number of ether oxygens (including phenoxy) is 1. The topological polar surface area (TPSA) is 41.5 Å². The molecular weight excluding hydrogens is 270 g/mol. The quantitative estimate of drug-likeness (QED) is 0.874. The largest absolute Gasteiger partial charge is 0.496 e. The van der Waals surface area contributed by atoms with Crippen molar-refractivity contribution in [2.24, 2.45) is 0 Å². The molecule has 0 bridgehead atoms. The fourth-order valence-electron chi connectivity index (χ4n) is 2.16. The predicted molar refractivity (Wildman–Crippen MR) is 66.7 cm³/mol. The highest BCUT2D eigenvalue weighted by Crippen LogP contribution is 2.36. The zero-order valence-corrected chi connectivity index (χ0v) is 10.9. The Morgan fingerprint density at radius 2 is 2.31 bits per heavy atom. The van der Waals surface area contributed by atoms with Crippen LogP contribution in [0.1, 0.15) is 18.4 Å². The molecular formula is C12H16BrNO2. The second-order valence-electron chi connectivity index (χ2n) is 4.16. The molecule has 0 aromatic heterocycles. The Kier molecular flexibility index (Phi) is 3.52. The molecule has 16 heavy (non-hydrogen) atoms. The summed E-state index contributed by atoms with van der Waals surface area (Å²) in [5, 5.41) is 13.8. The van der Waals surface area contributed by atoms with Crippen LogP contribution in [0.5, 0.6) is 5.75 Å². The predicted octanol–water partition coefficient (Wildman–Crippen LogP) is 2.03. The van der Waals surface area contributed by atoms with Gasteiger partial charge in [-0.05, 0) is 37.6 Å². The van der Waals surface area contributed by atoms with Crippen molar-refractivity contribution < 1.29 is 9.84 Å². The molecule has 1 aliphatic heterocycles. The normalized spacial score (nSPS) is 25.4. The number of aliphatic hydroxyl groups is 1. The van der Waals surface area contributed by atoms with E-state index in [4.69, 9.17) is 4.74 Å². The number of nitrogens with one attached hydrogen (secondary N) is 1. The van der Waals surface area contributed by atoms with Gasteiger partial charge in [-0.3, -0.25) is 0 Å². The highest BCUT2D eigenvalue weighted by molar-refractivity contribution is 9.10. The first kappa shape index (κ1) is 11.9. The lowest BCUT2D eigenvalue weighted by Gasteiger charge is -2.34. The van der Waals surface area contributed by atoms with Crippen LogP contribution in [0.15, 0.2) is 22.7 Å². The van der Waals surface area contributed by atoms with Gasteiger partial charge in [0.05, 0.1) is 7.11 Å². The lowest BCUT2D eigenvalue weighted by Crippen LogP contribution is -2.43. The molecule has 1 aromatic carbocycles. The highest BCUT2D eigenvalue weighted by atomic mass is 79.9. The molecule has 4 heteroatoms. The summed E-state index contributed by atoms with van der Waals surface area (Å²) in [5.74, 6) is 0.745. The minimum absolute atomic E-state index is 0.583. The summed E-state index contributed by atoms with van der Waals surface area (Å²) in [6.07, 6.45) is 1.75. The van der Waals surface area contributed by atoms with Gasteiger partial charge in [-0.2, -0.15) is 0 Å². The van der Waals surface area contributed by atoms with Gasteiger partial charge >= 0.3 is 0 Å². The van der Waals surface area contributed by atoms with Crippen molar-refractivity contribution in [3.63, 3.8) is 0 Å². The maximum atomic E-state index is 10.6. The fraction of sp³-hybridized carbons (Fsp3) is 0.500. The summed E-state index contributed by atoms with van der Waals surface area (Å²) in [5.41, 5.74) is 0.0458. The van der Waals surface area contributed by atoms with E-state index < -0.39 is 5.60 Å². The molecule has 2 N–H and O–H groups in total. The van der Waals surface area contributed by atoms with Crippen molar-refractivity contribution in [3.8, 4) is 5.75 Å². The molecule has 2 rings (SSSR count). The lowest BCUT2D eigenvalue weighted by atomic mass is 9.86. The summed E-state index contributed by atoms with van der Waals surface area (Å²) in [6, 6.07) is 5.74. The third-order valence-electron chi connectivity index (χ3n) is 3.02. The molecule has 88 valence electrons. The van der Waals surface area contributed by atoms with Gasteiger partial charge in [-0.25, -0.2) is 0 Å². The van der Waals surface area contributed by atoms with Crippen molar-refractivity contribution in [2.75, 3.05) is 20.2 Å². The summed E-state index contributed by atoms with van der Waals surface area (Å²) in [4.78, 5) is 0. The van der Waals surface area contributed by atoms with Gasteiger partial charge in [0.25, 0.3) is 0 Å². The first-order valence-electron chi connectivity index (χ1n) is 5.43. The number of piperidine rings is 1. The van der Waals surface area contributed by atoms with Gasteiger partial charge in [0.2, 0.25) is 0 Å². The molecule has 0 spiro atoms. The molecule has 0 saturated carbocycles. The summed E-state index contributed by atoms with van der Waals surface area (Å²) >= 11 is 3.43. The van der Waals surface area contributed by atoms with Crippen LogP contribution in [-0.2, 0) is 5.60 Å². The zero-order valence-electron chi connectivity index (χ0n) is 9.29. The minimum Gasteiger partial charge on any atom is -0.496 e. The maximum Gasteiger partial charge on any atom is 0.125 e. The van der Waals surface area contributed by atoms with E-state index >= 15 is 0 Å². The number of rotatable bonds is 2. The monoisotopic (exact) mass is 285 g/mol. The van der Waals surface area contributed by atoms with Crippen LogP contribution < -0.4 is 10.1 Å². The smallest absolute Gasteiger partial charge is 0.125 e. The van der Waals surface area contributed by atoms with E-state index in [9.17, 15) is 5.11 Å². The maximum absolute atomic E-state index is 10.6.